The van der Waals surface area contributed by atoms with E-state index in [0.717, 1.165) is 16.9 Å². The van der Waals surface area contributed by atoms with Crippen molar-refractivity contribution < 1.29 is 4.74 Å². The minimum Gasteiger partial charge on any atom is -0.497 e. The van der Waals surface area contributed by atoms with Gasteiger partial charge in [-0.05, 0) is 42.3 Å². The van der Waals surface area contributed by atoms with Gasteiger partial charge in [0.15, 0.2) is 0 Å². The molecule has 0 aliphatic carbocycles. The number of hydrogen-bond acceptors (Lipinski definition) is 2. The van der Waals surface area contributed by atoms with Crippen LogP contribution >= 0.6 is 0 Å². The Morgan fingerprint density at radius 2 is 2.00 bits per heavy atom. The Hall–Kier alpha value is -2.03. The van der Waals surface area contributed by atoms with E-state index in [2.05, 4.69) is 4.98 Å². The molecule has 0 unspecified atom stereocenters. The molecule has 16 heavy (non-hydrogen) atoms. The number of aromatic amines is 1. The highest BCUT2D eigenvalue weighted by Gasteiger charge is 2.06. The van der Waals surface area contributed by atoms with Crippen LogP contribution in [-0.2, 0) is 0 Å². The molecule has 2 rings (SSSR count). The zero-order valence-electron chi connectivity index (χ0n) is 9.28. The van der Waals surface area contributed by atoms with Gasteiger partial charge in [-0.25, -0.2) is 0 Å². The second kappa shape index (κ2) is 4.23. The Bertz CT molecular complexity index is 558. The fourth-order valence-corrected chi connectivity index (χ4v) is 1.70. The van der Waals surface area contributed by atoms with Crippen LogP contribution in [0.15, 0.2) is 41.3 Å². The van der Waals surface area contributed by atoms with Gasteiger partial charge in [0, 0.05) is 11.8 Å². The summed E-state index contributed by atoms with van der Waals surface area (Å²) in [6, 6.07) is 9.31. The van der Waals surface area contributed by atoms with Crippen molar-refractivity contribution in [3.8, 4) is 16.9 Å². The van der Waals surface area contributed by atoms with Crippen LogP contribution in [0.1, 0.15) is 5.56 Å². The lowest BCUT2D eigenvalue weighted by Gasteiger charge is -2.07. The molecule has 0 radical (unpaired) electrons. The van der Waals surface area contributed by atoms with Crippen molar-refractivity contribution in [2.45, 2.75) is 6.92 Å². The number of rotatable bonds is 2. The number of methoxy groups -OCH3 is 1. The van der Waals surface area contributed by atoms with Crippen LogP contribution < -0.4 is 10.3 Å². The number of H-pyrrole nitrogens is 1. The number of ether oxygens (including phenoxy) is 1. The van der Waals surface area contributed by atoms with Gasteiger partial charge in [-0.3, -0.25) is 4.79 Å². The van der Waals surface area contributed by atoms with Crippen LogP contribution in [0.3, 0.4) is 0 Å². The third kappa shape index (κ3) is 1.84. The second-order valence-corrected chi connectivity index (χ2v) is 3.59. The smallest absolute Gasteiger partial charge is 0.255 e. The maximum Gasteiger partial charge on any atom is 0.255 e. The lowest BCUT2D eigenvalue weighted by atomic mass is 10.0. The van der Waals surface area contributed by atoms with Crippen LogP contribution in [0.25, 0.3) is 11.1 Å². The number of hydrogen-bond donors (Lipinski definition) is 1. The zero-order valence-corrected chi connectivity index (χ0v) is 9.28. The van der Waals surface area contributed by atoms with Crippen molar-refractivity contribution in [2.75, 3.05) is 7.11 Å². The summed E-state index contributed by atoms with van der Waals surface area (Å²) in [5, 5.41) is 0. The monoisotopic (exact) mass is 215 g/mol. The van der Waals surface area contributed by atoms with Crippen molar-refractivity contribution >= 4 is 0 Å². The van der Waals surface area contributed by atoms with Gasteiger partial charge in [0.05, 0.1) is 7.11 Å². The van der Waals surface area contributed by atoms with Crippen LogP contribution in [0.4, 0.5) is 0 Å². The SMILES string of the molecule is COc1ccc(-c2ccc[nH]c2=O)c(C)c1. The minimum atomic E-state index is -0.0734. The summed E-state index contributed by atoms with van der Waals surface area (Å²) in [7, 11) is 1.63. The van der Waals surface area contributed by atoms with E-state index in [0.29, 0.717) is 5.56 Å². The summed E-state index contributed by atoms with van der Waals surface area (Å²) >= 11 is 0. The van der Waals surface area contributed by atoms with Crippen molar-refractivity contribution in [3.05, 3.63) is 52.4 Å². The molecule has 3 heteroatoms. The van der Waals surface area contributed by atoms with E-state index in [9.17, 15) is 4.79 Å². The molecule has 0 atom stereocenters. The van der Waals surface area contributed by atoms with E-state index in [4.69, 9.17) is 4.74 Å². The highest BCUT2D eigenvalue weighted by atomic mass is 16.5. The molecule has 1 aromatic carbocycles. The fraction of sp³-hybridized carbons (Fsp3) is 0.154. The average Bonchev–Trinajstić information content (AvgIpc) is 2.30. The Morgan fingerprint density at radius 3 is 2.62 bits per heavy atom. The zero-order chi connectivity index (χ0) is 11.5. The van der Waals surface area contributed by atoms with Crippen molar-refractivity contribution in [1.29, 1.82) is 0 Å². The predicted molar refractivity (Wildman–Crippen MR) is 63.8 cm³/mol. The van der Waals surface area contributed by atoms with Crippen LogP contribution in [-0.4, -0.2) is 12.1 Å². The number of nitrogens with one attached hydrogen (secondary N) is 1. The Labute approximate surface area is 93.7 Å². The Morgan fingerprint density at radius 1 is 1.19 bits per heavy atom. The van der Waals surface area contributed by atoms with Crippen LogP contribution in [0, 0.1) is 6.92 Å². The molecule has 82 valence electrons. The average molecular weight is 215 g/mol. The maximum atomic E-state index is 11.6. The molecule has 0 amide bonds. The summed E-state index contributed by atoms with van der Waals surface area (Å²) in [4.78, 5) is 14.3. The van der Waals surface area contributed by atoms with E-state index < -0.39 is 0 Å². The first kappa shape index (κ1) is 10.5. The standard InChI is InChI=1S/C13H13NO2/c1-9-8-10(16-2)5-6-11(9)12-4-3-7-14-13(12)15/h3-8H,1-2H3,(H,14,15). The molecule has 1 N–H and O–H groups in total. The molecule has 0 aliphatic heterocycles. The van der Waals surface area contributed by atoms with Crippen molar-refractivity contribution in [3.63, 3.8) is 0 Å². The van der Waals surface area contributed by atoms with Crippen LogP contribution in [0.5, 0.6) is 5.75 Å². The fourth-order valence-electron chi connectivity index (χ4n) is 1.70. The van der Waals surface area contributed by atoms with Gasteiger partial charge in [-0.15, -0.1) is 0 Å². The predicted octanol–water partition coefficient (Wildman–Crippen LogP) is 2.36. The molecule has 1 aromatic heterocycles. The molecular weight excluding hydrogens is 202 g/mol. The normalized spacial score (nSPS) is 10.1. The molecule has 2 aromatic rings. The summed E-state index contributed by atoms with van der Waals surface area (Å²) in [6.45, 7) is 1.96. The third-order valence-corrected chi connectivity index (χ3v) is 2.54. The first-order valence-electron chi connectivity index (χ1n) is 5.05. The Kier molecular flexibility index (Phi) is 2.77. The quantitative estimate of drug-likeness (QED) is 0.835. The molecule has 0 fully saturated rings. The highest BCUT2D eigenvalue weighted by molar-refractivity contribution is 5.67. The summed E-state index contributed by atoms with van der Waals surface area (Å²) < 4.78 is 5.13. The number of pyridine rings is 1. The van der Waals surface area contributed by atoms with Gasteiger partial charge in [-0.2, -0.15) is 0 Å². The lowest BCUT2D eigenvalue weighted by Crippen LogP contribution is -2.07. The molecule has 3 nitrogen and oxygen atoms in total. The Balaban J connectivity index is 2.57. The molecule has 0 saturated heterocycles. The van der Waals surface area contributed by atoms with Gasteiger partial charge in [0.1, 0.15) is 5.75 Å². The molecule has 0 spiro atoms. The van der Waals surface area contributed by atoms with E-state index in [1.807, 2.05) is 37.3 Å². The first-order valence-corrected chi connectivity index (χ1v) is 5.05. The number of aromatic nitrogens is 1. The van der Waals surface area contributed by atoms with Gasteiger partial charge >= 0.3 is 0 Å². The minimum absolute atomic E-state index is 0.0734. The van der Waals surface area contributed by atoms with Gasteiger partial charge in [0.2, 0.25) is 0 Å². The van der Waals surface area contributed by atoms with Crippen molar-refractivity contribution in [2.24, 2.45) is 0 Å². The largest absolute Gasteiger partial charge is 0.497 e. The second-order valence-electron chi connectivity index (χ2n) is 3.59. The third-order valence-electron chi connectivity index (χ3n) is 2.54. The van der Waals surface area contributed by atoms with Crippen molar-refractivity contribution in [1.82, 2.24) is 4.98 Å². The van der Waals surface area contributed by atoms with Gasteiger partial charge in [-0.1, -0.05) is 6.07 Å². The van der Waals surface area contributed by atoms with Gasteiger partial charge in [0.25, 0.3) is 5.56 Å². The molecule has 0 aliphatic rings. The number of aryl methyl sites for hydroxylation is 1. The summed E-state index contributed by atoms with van der Waals surface area (Å²) in [5.41, 5.74) is 2.57. The first-order chi connectivity index (χ1) is 7.72. The molecular formula is C13H13NO2. The van der Waals surface area contributed by atoms with E-state index in [1.165, 1.54) is 0 Å². The topological polar surface area (TPSA) is 42.1 Å². The van der Waals surface area contributed by atoms with E-state index >= 15 is 0 Å². The van der Waals surface area contributed by atoms with Gasteiger partial charge < -0.3 is 9.72 Å². The molecule has 0 saturated carbocycles. The van der Waals surface area contributed by atoms with E-state index in [1.54, 1.807) is 13.3 Å². The molecule has 0 bridgehead atoms. The molecule has 1 heterocycles. The maximum absolute atomic E-state index is 11.6. The summed E-state index contributed by atoms with van der Waals surface area (Å²) in [6.07, 6.45) is 1.63. The highest BCUT2D eigenvalue weighted by Crippen LogP contribution is 2.24. The number of benzene rings is 1. The lowest BCUT2D eigenvalue weighted by molar-refractivity contribution is 0.414. The van der Waals surface area contributed by atoms with Crippen LogP contribution in [0.2, 0.25) is 0 Å². The summed E-state index contributed by atoms with van der Waals surface area (Å²) in [5.74, 6) is 0.800. The van der Waals surface area contributed by atoms with E-state index in [-0.39, 0.29) is 5.56 Å².